The molecule has 2 aromatic rings. The Labute approximate surface area is 130 Å². The predicted octanol–water partition coefficient (Wildman–Crippen LogP) is 2.70. The Hall–Kier alpha value is -0.960. The smallest absolute Gasteiger partial charge is 0.244 e. The molecule has 20 heavy (non-hydrogen) atoms. The molecule has 8 heteroatoms. The van der Waals surface area contributed by atoms with Gasteiger partial charge in [0, 0.05) is 9.85 Å². The Morgan fingerprint density at radius 3 is 2.80 bits per heavy atom. The number of nitrogens with one attached hydrogen (secondary N) is 1. The summed E-state index contributed by atoms with van der Waals surface area (Å²) in [6.07, 6.45) is 0. The predicted molar refractivity (Wildman–Crippen MR) is 81.6 cm³/mol. The van der Waals surface area contributed by atoms with Gasteiger partial charge in [-0.15, -0.1) is 11.3 Å². The van der Waals surface area contributed by atoms with Crippen LogP contribution in [0, 0.1) is 6.92 Å². The van der Waals surface area contributed by atoms with Crippen molar-refractivity contribution in [3.05, 3.63) is 38.8 Å². The molecular weight excluding hydrogens is 364 g/mol. The molecular formula is C12H13BrN2O3S2. The molecule has 0 spiro atoms. The van der Waals surface area contributed by atoms with Gasteiger partial charge in [-0.05, 0) is 25.1 Å². The van der Waals surface area contributed by atoms with Gasteiger partial charge in [-0.25, -0.2) is 18.1 Å². The second-order valence-electron chi connectivity index (χ2n) is 3.98. The number of nitrogens with zero attached hydrogens (tertiary/aromatic N) is 1. The second kappa shape index (κ2) is 6.21. The molecule has 0 fully saturated rings. The highest BCUT2D eigenvalue weighted by molar-refractivity contribution is 9.10. The molecule has 1 heterocycles. The van der Waals surface area contributed by atoms with Crippen LogP contribution in [0.15, 0.2) is 32.9 Å². The average Bonchev–Trinajstić information content (AvgIpc) is 2.82. The number of aromatic nitrogens is 1. The Kier molecular flexibility index (Phi) is 4.79. The van der Waals surface area contributed by atoms with E-state index in [0.717, 1.165) is 5.01 Å². The minimum absolute atomic E-state index is 0.0985. The number of ether oxygens (including phenoxy) is 1. The summed E-state index contributed by atoms with van der Waals surface area (Å²) < 4.78 is 32.9. The van der Waals surface area contributed by atoms with E-state index in [9.17, 15) is 8.42 Å². The van der Waals surface area contributed by atoms with E-state index in [1.807, 2.05) is 12.3 Å². The van der Waals surface area contributed by atoms with Gasteiger partial charge in [-0.3, -0.25) is 0 Å². The lowest BCUT2D eigenvalue weighted by molar-refractivity contribution is 0.402. The minimum atomic E-state index is -3.65. The molecule has 1 aromatic carbocycles. The summed E-state index contributed by atoms with van der Waals surface area (Å²) in [5, 5.41) is 2.73. The summed E-state index contributed by atoms with van der Waals surface area (Å²) in [7, 11) is -2.22. The van der Waals surface area contributed by atoms with Crippen LogP contribution in [-0.4, -0.2) is 20.5 Å². The molecule has 0 saturated heterocycles. The highest BCUT2D eigenvalue weighted by Gasteiger charge is 2.20. The zero-order valence-electron chi connectivity index (χ0n) is 10.9. The minimum Gasteiger partial charge on any atom is -0.495 e. The fourth-order valence-electron chi connectivity index (χ4n) is 1.60. The third-order valence-electron chi connectivity index (χ3n) is 2.53. The summed E-state index contributed by atoms with van der Waals surface area (Å²) in [6.45, 7) is 2.03. The van der Waals surface area contributed by atoms with Gasteiger partial charge in [0.25, 0.3) is 0 Å². The van der Waals surface area contributed by atoms with Crippen LogP contribution in [0.2, 0.25) is 0 Å². The fraction of sp³-hybridized carbons (Fsp3) is 0.250. The summed E-state index contributed by atoms with van der Waals surface area (Å²) in [4.78, 5) is 4.32. The third-order valence-corrected chi connectivity index (χ3v) is 5.26. The van der Waals surface area contributed by atoms with E-state index >= 15 is 0 Å². The number of sulfonamides is 1. The van der Waals surface area contributed by atoms with Gasteiger partial charge >= 0.3 is 0 Å². The Bertz CT molecular complexity index is 713. The first-order valence-electron chi connectivity index (χ1n) is 5.66. The number of halogens is 1. The van der Waals surface area contributed by atoms with E-state index in [1.165, 1.54) is 24.5 Å². The lowest BCUT2D eigenvalue weighted by atomic mass is 10.3. The second-order valence-corrected chi connectivity index (χ2v) is 7.69. The fourth-order valence-corrected chi connectivity index (χ4v) is 3.91. The van der Waals surface area contributed by atoms with Gasteiger partial charge in [0.15, 0.2) is 0 Å². The quantitative estimate of drug-likeness (QED) is 0.870. The third kappa shape index (κ3) is 3.57. The molecule has 0 aliphatic carbocycles. The van der Waals surface area contributed by atoms with E-state index in [0.29, 0.717) is 15.9 Å². The van der Waals surface area contributed by atoms with Crippen LogP contribution in [-0.2, 0) is 16.6 Å². The number of thiazole rings is 1. The monoisotopic (exact) mass is 376 g/mol. The lowest BCUT2D eigenvalue weighted by Gasteiger charge is -2.10. The molecule has 0 saturated carbocycles. The Morgan fingerprint density at radius 1 is 1.45 bits per heavy atom. The largest absolute Gasteiger partial charge is 0.495 e. The van der Waals surface area contributed by atoms with E-state index in [1.54, 1.807) is 12.1 Å². The topological polar surface area (TPSA) is 68.3 Å². The van der Waals surface area contributed by atoms with Crippen molar-refractivity contribution in [3.8, 4) is 5.75 Å². The Balaban J connectivity index is 2.24. The molecule has 5 nitrogen and oxygen atoms in total. The maximum absolute atomic E-state index is 12.3. The first-order valence-corrected chi connectivity index (χ1v) is 8.82. The van der Waals surface area contributed by atoms with Crippen molar-refractivity contribution in [2.45, 2.75) is 18.4 Å². The zero-order chi connectivity index (χ0) is 14.8. The molecule has 2 rings (SSSR count). The van der Waals surface area contributed by atoms with Crippen LogP contribution in [0.4, 0.5) is 0 Å². The van der Waals surface area contributed by atoms with Crippen molar-refractivity contribution in [1.82, 2.24) is 9.71 Å². The number of rotatable bonds is 5. The van der Waals surface area contributed by atoms with Crippen LogP contribution in [0.3, 0.4) is 0 Å². The van der Waals surface area contributed by atoms with Crippen molar-refractivity contribution in [3.63, 3.8) is 0 Å². The van der Waals surface area contributed by atoms with Crippen LogP contribution in [0.1, 0.15) is 10.7 Å². The standard InChI is InChI=1S/C12H13BrN2O3S2/c1-8-15-10(7-19-8)6-14-20(16,17)12-5-9(13)3-4-11(12)18-2/h3-5,7,14H,6H2,1-2H3. The number of aryl methyl sites for hydroxylation is 1. The summed E-state index contributed by atoms with van der Waals surface area (Å²) >= 11 is 4.74. The van der Waals surface area contributed by atoms with Crippen molar-refractivity contribution >= 4 is 37.3 Å². The first kappa shape index (κ1) is 15.4. The van der Waals surface area contributed by atoms with Crippen LogP contribution in [0.5, 0.6) is 5.75 Å². The highest BCUT2D eigenvalue weighted by Crippen LogP contribution is 2.27. The first-order chi connectivity index (χ1) is 9.42. The van der Waals surface area contributed by atoms with Gasteiger partial charge < -0.3 is 4.74 Å². The number of benzene rings is 1. The maximum atomic E-state index is 12.3. The molecule has 0 unspecified atom stereocenters. The average molecular weight is 377 g/mol. The van der Waals surface area contributed by atoms with Gasteiger partial charge in [-0.2, -0.15) is 0 Å². The molecule has 0 radical (unpaired) electrons. The van der Waals surface area contributed by atoms with Crippen molar-refractivity contribution in [2.75, 3.05) is 7.11 Å². The molecule has 0 aliphatic rings. The normalized spacial score (nSPS) is 11.6. The van der Waals surface area contributed by atoms with E-state index < -0.39 is 10.0 Å². The van der Waals surface area contributed by atoms with Crippen LogP contribution < -0.4 is 9.46 Å². The van der Waals surface area contributed by atoms with Crippen LogP contribution in [0.25, 0.3) is 0 Å². The van der Waals surface area contributed by atoms with Crippen molar-refractivity contribution in [2.24, 2.45) is 0 Å². The van der Waals surface area contributed by atoms with E-state index in [4.69, 9.17) is 4.74 Å². The zero-order valence-corrected chi connectivity index (χ0v) is 14.1. The number of hydrogen-bond donors (Lipinski definition) is 1. The lowest BCUT2D eigenvalue weighted by Crippen LogP contribution is -2.24. The van der Waals surface area contributed by atoms with E-state index in [2.05, 4.69) is 25.6 Å². The van der Waals surface area contributed by atoms with Gasteiger partial charge in [0.1, 0.15) is 10.6 Å². The highest BCUT2D eigenvalue weighted by atomic mass is 79.9. The van der Waals surface area contributed by atoms with E-state index in [-0.39, 0.29) is 11.4 Å². The molecule has 1 N–H and O–H groups in total. The van der Waals surface area contributed by atoms with Crippen LogP contribution >= 0.6 is 27.3 Å². The molecule has 0 aliphatic heterocycles. The maximum Gasteiger partial charge on any atom is 0.244 e. The molecule has 0 bridgehead atoms. The summed E-state index contributed by atoms with van der Waals surface area (Å²) in [5.74, 6) is 0.301. The Morgan fingerprint density at radius 2 is 2.20 bits per heavy atom. The summed E-state index contributed by atoms with van der Waals surface area (Å²) in [5.41, 5.74) is 0.699. The molecule has 1 aromatic heterocycles. The molecule has 0 amide bonds. The van der Waals surface area contributed by atoms with Crippen molar-refractivity contribution in [1.29, 1.82) is 0 Å². The summed E-state index contributed by atoms with van der Waals surface area (Å²) in [6, 6.07) is 4.83. The van der Waals surface area contributed by atoms with Gasteiger partial charge in [-0.1, -0.05) is 15.9 Å². The van der Waals surface area contributed by atoms with Gasteiger partial charge in [0.05, 0.1) is 24.4 Å². The molecule has 0 atom stereocenters. The number of hydrogen-bond acceptors (Lipinski definition) is 5. The van der Waals surface area contributed by atoms with Crippen molar-refractivity contribution < 1.29 is 13.2 Å². The molecule has 108 valence electrons. The van der Waals surface area contributed by atoms with Gasteiger partial charge in [0.2, 0.25) is 10.0 Å². The number of methoxy groups -OCH3 is 1. The SMILES string of the molecule is COc1ccc(Br)cc1S(=O)(=O)NCc1csc(C)n1.